The maximum atomic E-state index is 14.1. The Morgan fingerprint density at radius 2 is 1.71 bits per heavy atom. The lowest BCUT2D eigenvalue weighted by Crippen LogP contribution is -2.68. The first kappa shape index (κ1) is 23.4. The molecule has 3 atom stereocenters. The van der Waals surface area contributed by atoms with Gasteiger partial charge >= 0.3 is 6.03 Å². The molecule has 3 heterocycles. The fourth-order valence-corrected chi connectivity index (χ4v) is 5.35. The number of benzene rings is 2. The van der Waals surface area contributed by atoms with E-state index in [-0.39, 0.29) is 30.3 Å². The van der Waals surface area contributed by atoms with Crippen LogP contribution in [0.3, 0.4) is 0 Å². The van der Waals surface area contributed by atoms with Gasteiger partial charge in [0.05, 0.1) is 12.3 Å². The second-order valence-electron chi connectivity index (χ2n) is 9.15. The molecule has 2 aromatic carbocycles. The smallest absolute Gasteiger partial charge is 0.321 e. The number of nitrogens with zero attached hydrogens (tertiary/aromatic N) is 3. The molecule has 2 aliphatic rings. The number of aromatic nitrogens is 1. The number of fused-ring (bicyclic) bond motifs is 1. The zero-order valence-electron chi connectivity index (χ0n) is 19.3. The molecule has 2 N–H and O–H groups in total. The molecule has 2 amide bonds. The molecular weight excluding hydrogens is 450 g/mol. The minimum absolute atomic E-state index is 0.0181. The highest BCUT2D eigenvalue weighted by Gasteiger charge is 2.49. The van der Waals surface area contributed by atoms with Crippen LogP contribution in [0.2, 0.25) is 0 Å². The molecule has 0 saturated carbocycles. The van der Waals surface area contributed by atoms with Crippen LogP contribution in [0.1, 0.15) is 24.3 Å². The molecule has 0 bridgehead atoms. The molecular formula is C27H28F2N4O2. The molecule has 2 aliphatic heterocycles. The van der Waals surface area contributed by atoms with Crippen molar-refractivity contribution >= 4 is 11.7 Å². The van der Waals surface area contributed by atoms with E-state index >= 15 is 0 Å². The van der Waals surface area contributed by atoms with Crippen LogP contribution >= 0.6 is 0 Å². The van der Waals surface area contributed by atoms with E-state index in [1.807, 2.05) is 12.1 Å². The van der Waals surface area contributed by atoms with Crippen LogP contribution in [0.25, 0.3) is 11.1 Å². The topological polar surface area (TPSA) is 68.7 Å². The number of rotatable bonds is 4. The van der Waals surface area contributed by atoms with Gasteiger partial charge in [-0.15, -0.1) is 0 Å². The molecule has 2 fully saturated rings. The average molecular weight is 479 g/mol. The average Bonchev–Trinajstić information content (AvgIpc) is 2.86. The number of aliphatic hydroxyl groups excluding tert-OH is 1. The molecule has 0 spiro atoms. The number of anilines is 1. The van der Waals surface area contributed by atoms with E-state index in [1.54, 1.807) is 17.3 Å². The third kappa shape index (κ3) is 4.76. The summed E-state index contributed by atoms with van der Waals surface area (Å²) in [4.78, 5) is 21.0. The van der Waals surface area contributed by atoms with Crippen LogP contribution in [0, 0.1) is 11.6 Å². The molecule has 3 aromatic rings. The number of nitrogens with one attached hydrogen (secondary N) is 1. The van der Waals surface area contributed by atoms with Crippen molar-refractivity contribution in [2.24, 2.45) is 0 Å². The molecule has 6 nitrogen and oxygen atoms in total. The zero-order valence-corrected chi connectivity index (χ0v) is 19.3. The Hall–Kier alpha value is -3.36. The number of aliphatic hydroxyl groups is 1. The summed E-state index contributed by atoms with van der Waals surface area (Å²) >= 11 is 0. The van der Waals surface area contributed by atoms with Gasteiger partial charge in [0, 0.05) is 49.6 Å². The van der Waals surface area contributed by atoms with Crippen molar-refractivity contribution in [3.8, 4) is 11.1 Å². The molecule has 35 heavy (non-hydrogen) atoms. The second-order valence-corrected chi connectivity index (χ2v) is 9.15. The van der Waals surface area contributed by atoms with Crippen molar-refractivity contribution in [2.45, 2.75) is 30.8 Å². The maximum absolute atomic E-state index is 14.1. The van der Waals surface area contributed by atoms with Crippen molar-refractivity contribution in [3.63, 3.8) is 0 Å². The van der Waals surface area contributed by atoms with Gasteiger partial charge in [0.2, 0.25) is 0 Å². The normalized spacial score (nSPS) is 22.5. The van der Waals surface area contributed by atoms with Crippen molar-refractivity contribution in [1.29, 1.82) is 0 Å². The summed E-state index contributed by atoms with van der Waals surface area (Å²) in [5, 5.41) is 12.7. The third-order valence-corrected chi connectivity index (χ3v) is 7.14. The molecule has 182 valence electrons. The number of halogens is 2. The first-order chi connectivity index (χ1) is 17.0. The van der Waals surface area contributed by atoms with Gasteiger partial charge < -0.3 is 15.3 Å². The maximum Gasteiger partial charge on any atom is 0.321 e. The minimum Gasteiger partial charge on any atom is -0.395 e. The summed E-state index contributed by atoms with van der Waals surface area (Å²) in [7, 11) is 0. The van der Waals surface area contributed by atoms with Gasteiger partial charge in [-0.2, -0.15) is 0 Å². The minimum atomic E-state index is -0.676. The van der Waals surface area contributed by atoms with Crippen LogP contribution < -0.4 is 5.32 Å². The van der Waals surface area contributed by atoms with E-state index in [1.165, 1.54) is 0 Å². The molecule has 8 heteroatoms. The second kappa shape index (κ2) is 10.1. The van der Waals surface area contributed by atoms with Crippen LogP contribution in [0.15, 0.2) is 67.0 Å². The van der Waals surface area contributed by atoms with Crippen molar-refractivity contribution in [2.75, 3.05) is 31.6 Å². The van der Waals surface area contributed by atoms with Gasteiger partial charge in [-0.1, -0.05) is 24.3 Å². The van der Waals surface area contributed by atoms with Gasteiger partial charge in [0.1, 0.15) is 11.6 Å². The van der Waals surface area contributed by atoms with E-state index in [0.717, 1.165) is 54.3 Å². The Morgan fingerprint density at radius 3 is 2.46 bits per heavy atom. The number of hydrogen-bond acceptors (Lipinski definition) is 4. The van der Waals surface area contributed by atoms with Gasteiger partial charge in [-0.05, 0) is 60.3 Å². The van der Waals surface area contributed by atoms with Crippen molar-refractivity contribution in [1.82, 2.24) is 14.8 Å². The summed E-state index contributed by atoms with van der Waals surface area (Å²) in [6, 6.07) is 14.8. The summed E-state index contributed by atoms with van der Waals surface area (Å²) in [6.07, 6.45) is 5.21. The van der Waals surface area contributed by atoms with Gasteiger partial charge in [-0.25, -0.2) is 13.6 Å². The zero-order chi connectivity index (χ0) is 24.4. The number of carbonyl (C=O) groups is 1. The molecule has 2 saturated heterocycles. The Balaban J connectivity index is 1.35. The first-order valence-electron chi connectivity index (χ1n) is 11.9. The van der Waals surface area contributed by atoms with Crippen LogP contribution in [0.4, 0.5) is 19.3 Å². The van der Waals surface area contributed by atoms with Gasteiger partial charge in [-0.3, -0.25) is 9.88 Å². The summed E-state index contributed by atoms with van der Waals surface area (Å²) in [5.41, 5.74) is 3.11. The third-order valence-electron chi connectivity index (χ3n) is 7.14. The highest BCUT2D eigenvalue weighted by atomic mass is 19.1. The number of carbonyl (C=O) groups excluding carboxylic acids is 1. The standard InChI is InChI=1S/C27H28F2N4O2/c28-21-7-8-22(29)23(15-21)31-27(35)32-13-1-2-14-33-24(16-32)26(25(33)17-34)20-5-3-18(4-6-20)19-9-11-30-12-10-19/h3-12,15,24-26,34H,1-2,13-14,16-17H2,(H,31,35)/t24-,25-,26-/m0/s1. The van der Waals surface area contributed by atoms with Crippen molar-refractivity contribution in [3.05, 3.63) is 84.2 Å². The van der Waals surface area contributed by atoms with E-state index in [0.29, 0.717) is 13.1 Å². The predicted octanol–water partition coefficient (Wildman–Crippen LogP) is 4.48. The van der Waals surface area contributed by atoms with E-state index in [9.17, 15) is 18.7 Å². The molecule has 0 aliphatic carbocycles. The molecule has 0 radical (unpaired) electrons. The summed E-state index contributed by atoms with van der Waals surface area (Å²) in [5.74, 6) is -1.23. The van der Waals surface area contributed by atoms with Gasteiger partial charge in [0.15, 0.2) is 0 Å². The number of pyridine rings is 1. The van der Waals surface area contributed by atoms with E-state index in [2.05, 4.69) is 39.5 Å². The quantitative estimate of drug-likeness (QED) is 0.580. The van der Waals surface area contributed by atoms with E-state index in [4.69, 9.17) is 0 Å². The number of urea groups is 1. The largest absolute Gasteiger partial charge is 0.395 e. The summed E-state index contributed by atoms with van der Waals surface area (Å²) in [6.45, 7) is 1.87. The molecule has 0 unspecified atom stereocenters. The monoisotopic (exact) mass is 478 g/mol. The van der Waals surface area contributed by atoms with Crippen LogP contribution in [0.5, 0.6) is 0 Å². The lowest BCUT2D eigenvalue weighted by Gasteiger charge is -2.57. The van der Waals surface area contributed by atoms with Gasteiger partial charge in [0.25, 0.3) is 0 Å². The Morgan fingerprint density at radius 1 is 1.00 bits per heavy atom. The lowest BCUT2D eigenvalue weighted by atomic mass is 9.74. The Bertz CT molecular complexity index is 1180. The highest BCUT2D eigenvalue weighted by molar-refractivity contribution is 5.89. The number of hydrogen-bond donors (Lipinski definition) is 2. The summed E-state index contributed by atoms with van der Waals surface area (Å²) < 4.78 is 27.7. The molecule has 1 aromatic heterocycles. The lowest BCUT2D eigenvalue weighted by molar-refractivity contribution is -0.0585. The SMILES string of the molecule is O=C(Nc1cc(F)ccc1F)N1CCCCN2[C@@H](CO)[C@@H](c3ccc(-c4ccncc4)cc3)[C@@H]2C1. The van der Waals surface area contributed by atoms with Crippen molar-refractivity contribution < 1.29 is 18.7 Å². The van der Waals surface area contributed by atoms with E-state index < -0.39 is 17.7 Å². The van der Waals surface area contributed by atoms with Crippen LogP contribution in [-0.4, -0.2) is 64.2 Å². The predicted molar refractivity (Wildman–Crippen MR) is 130 cm³/mol. The fourth-order valence-electron chi connectivity index (χ4n) is 5.35. The highest BCUT2D eigenvalue weighted by Crippen LogP contribution is 2.42. The Kier molecular flexibility index (Phi) is 6.74. The van der Waals surface area contributed by atoms with Crippen LogP contribution in [-0.2, 0) is 0 Å². The fraction of sp³-hybridized carbons (Fsp3) is 0.333. The molecule has 5 rings (SSSR count). The Labute approximate surface area is 203 Å². The first-order valence-corrected chi connectivity index (χ1v) is 11.9. The number of amides is 2.